The average molecular weight is 236 g/mol. The highest BCUT2D eigenvalue weighted by Crippen LogP contribution is 2.28. The fourth-order valence-corrected chi connectivity index (χ4v) is 1.68. The van der Waals surface area contributed by atoms with Gasteiger partial charge in [0.2, 0.25) is 0 Å². The van der Waals surface area contributed by atoms with Crippen LogP contribution in [0.25, 0.3) is 0 Å². The number of esters is 2. The Hall–Kier alpha value is -1.84. The average Bonchev–Trinajstić information content (AvgIpc) is 2.25. The first-order valence-corrected chi connectivity index (χ1v) is 5.26. The molecule has 0 amide bonds. The smallest absolute Gasteiger partial charge is 0.338 e. The lowest BCUT2D eigenvalue weighted by atomic mass is 9.97. The molecular formula is C13H16O4. The fourth-order valence-electron chi connectivity index (χ4n) is 1.68. The van der Waals surface area contributed by atoms with Crippen molar-refractivity contribution < 1.29 is 19.1 Å². The third kappa shape index (κ3) is 2.64. The third-order valence-corrected chi connectivity index (χ3v) is 2.70. The van der Waals surface area contributed by atoms with Crippen LogP contribution in [-0.4, -0.2) is 19.0 Å². The Morgan fingerprint density at radius 3 is 2.18 bits per heavy atom. The predicted molar refractivity (Wildman–Crippen MR) is 63.3 cm³/mol. The van der Waals surface area contributed by atoms with Crippen LogP contribution in [0, 0.1) is 20.8 Å². The number of methoxy groups -OCH3 is 1. The summed E-state index contributed by atoms with van der Waals surface area (Å²) in [6.45, 7) is 6.75. The molecule has 0 aliphatic rings. The van der Waals surface area contributed by atoms with Crippen molar-refractivity contribution in [1.82, 2.24) is 0 Å². The Balaban J connectivity index is 3.42. The second-order valence-corrected chi connectivity index (χ2v) is 3.90. The number of hydrogen-bond donors (Lipinski definition) is 0. The molecule has 0 aromatic heterocycles. The van der Waals surface area contributed by atoms with Crippen LogP contribution in [0.1, 0.15) is 34.0 Å². The van der Waals surface area contributed by atoms with Gasteiger partial charge < -0.3 is 9.47 Å². The van der Waals surface area contributed by atoms with Gasteiger partial charge in [-0.25, -0.2) is 4.79 Å². The van der Waals surface area contributed by atoms with Gasteiger partial charge >= 0.3 is 11.9 Å². The van der Waals surface area contributed by atoms with Gasteiger partial charge in [-0.15, -0.1) is 0 Å². The number of hydrogen-bond acceptors (Lipinski definition) is 4. The summed E-state index contributed by atoms with van der Waals surface area (Å²) in [5, 5.41) is 0. The minimum atomic E-state index is -0.419. The van der Waals surface area contributed by atoms with Gasteiger partial charge in [0.05, 0.1) is 12.7 Å². The minimum Gasteiger partial charge on any atom is -0.465 e. The first-order valence-electron chi connectivity index (χ1n) is 5.26. The van der Waals surface area contributed by atoms with E-state index in [-0.39, 0.29) is 0 Å². The number of benzene rings is 1. The highest BCUT2D eigenvalue weighted by atomic mass is 16.5. The monoisotopic (exact) mass is 236 g/mol. The Kier molecular flexibility index (Phi) is 3.89. The van der Waals surface area contributed by atoms with E-state index >= 15 is 0 Å². The molecule has 1 rings (SSSR count). The standard InChI is InChI=1S/C13H16O4/c1-7-6-11(17-10(4)14)9(3)12(8(7)2)13(15)16-5/h6H,1-5H3. The van der Waals surface area contributed by atoms with Gasteiger partial charge in [0.15, 0.2) is 0 Å². The molecule has 0 radical (unpaired) electrons. The van der Waals surface area contributed by atoms with Crippen molar-refractivity contribution in [1.29, 1.82) is 0 Å². The van der Waals surface area contributed by atoms with Gasteiger partial charge in [0, 0.05) is 12.5 Å². The summed E-state index contributed by atoms with van der Waals surface area (Å²) in [6, 6.07) is 1.75. The van der Waals surface area contributed by atoms with E-state index in [1.807, 2.05) is 13.8 Å². The number of aryl methyl sites for hydroxylation is 1. The lowest BCUT2D eigenvalue weighted by molar-refractivity contribution is -0.131. The van der Waals surface area contributed by atoms with Crippen molar-refractivity contribution >= 4 is 11.9 Å². The largest absolute Gasteiger partial charge is 0.465 e. The van der Waals surface area contributed by atoms with E-state index in [4.69, 9.17) is 9.47 Å². The van der Waals surface area contributed by atoms with E-state index in [2.05, 4.69) is 0 Å². The molecule has 0 N–H and O–H groups in total. The zero-order valence-electron chi connectivity index (χ0n) is 10.7. The van der Waals surface area contributed by atoms with Gasteiger partial charge in [-0.05, 0) is 38.0 Å². The van der Waals surface area contributed by atoms with Gasteiger partial charge in [0.1, 0.15) is 5.75 Å². The van der Waals surface area contributed by atoms with Crippen LogP contribution in [0.2, 0.25) is 0 Å². The molecule has 0 unspecified atom stereocenters. The highest BCUT2D eigenvalue weighted by molar-refractivity contribution is 5.94. The third-order valence-electron chi connectivity index (χ3n) is 2.70. The summed E-state index contributed by atoms with van der Waals surface area (Å²) in [4.78, 5) is 22.7. The summed E-state index contributed by atoms with van der Waals surface area (Å²) < 4.78 is 9.80. The van der Waals surface area contributed by atoms with E-state index in [0.29, 0.717) is 16.9 Å². The summed E-state index contributed by atoms with van der Waals surface area (Å²) in [6.07, 6.45) is 0. The molecule has 0 spiro atoms. The number of carbonyl (C=O) groups is 2. The van der Waals surface area contributed by atoms with Crippen LogP contribution in [0.15, 0.2) is 6.07 Å². The van der Waals surface area contributed by atoms with Crippen LogP contribution >= 0.6 is 0 Å². The van der Waals surface area contributed by atoms with Crippen molar-refractivity contribution in [3.63, 3.8) is 0 Å². The van der Waals surface area contributed by atoms with E-state index in [1.165, 1.54) is 14.0 Å². The van der Waals surface area contributed by atoms with Crippen LogP contribution in [0.3, 0.4) is 0 Å². The summed E-state index contributed by atoms with van der Waals surface area (Å²) >= 11 is 0. The summed E-state index contributed by atoms with van der Waals surface area (Å²) in [5.41, 5.74) is 2.80. The van der Waals surface area contributed by atoms with E-state index in [0.717, 1.165) is 11.1 Å². The molecule has 92 valence electrons. The van der Waals surface area contributed by atoms with Crippen molar-refractivity contribution in [2.75, 3.05) is 7.11 Å². The quantitative estimate of drug-likeness (QED) is 0.584. The minimum absolute atomic E-state index is 0.404. The highest BCUT2D eigenvalue weighted by Gasteiger charge is 2.19. The summed E-state index contributed by atoms with van der Waals surface area (Å²) in [5.74, 6) is -0.426. The fraction of sp³-hybridized carbons (Fsp3) is 0.385. The molecule has 1 aromatic rings. The molecule has 0 saturated heterocycles. The van der Waals surface area contributed by atoms with E-state index in [9.17, 15) is 9.59 Å². The molecule has 0 fully saturated rings. The van der Waals surface area contributed by atoms with Gasteiger partial charge in [-0.3, -0.25) is 4.79 Å². The first-order chi connectivity index (χ1) is 7.88. The lowest BCUT2D eigenvalue weighted by Crippen LogP contribution is -2.11. The van der Waals surface area contributed by atoms with Crippen molar-refractivity contribution in [3.8, 4) is 5.75 Å². The van der Waals surface area contributed by atoms with Crippen LogP contribution in [0.4, 0.5) is 0 Å². The van der Waals surface area contributed by atoms with Crippen molar-refractivity contribution in [3.05, 3.63) is 28.3 Å². The molecule has 4 nitrogen and oxygen atoms in total. The van der Waals surface area contributed by atoms with Crippen LogP contribution in [0.5, 0.6) is 5.75 Å². The van der Waals surface area contributed by atoms with Crippen LogP contribution in [-0.2, 0) is 9.53 Å². The Labute approximate surface area is 101 Å². The Bertz CT molecular complexity index is 475. The maximum absolute atomic E-state index is 11.7. The molecule has 0 aliphatic heterocycles. The lowest BCUT2D eigenvalue weighted by Gasteiger charge is -2.14. The number of rotatable bonds is 2. The maximum Gasteiger partial charge on any atom is 0.338 e. The van der Waals surface area contributed by atoms with Crippen LogP contribution < -0.4 is 4.74 Å². The second kappa shape index (κ2) is 4.99. The Morgan fingerprint density at radius 2 is 1.71 bits per heavy atom. The molecular weight excluding hydrogens is 220 g/mol. The first kappa shape index (κ1) is 13.2. The van der Waals surface area contributed by atoms with E-state index in [1.54, 1.807) is 13.0 Å². The predicted octanol–water partition coefficient (Wildman–Crippen LogP) is 2.32. The molecule has 0 atom stereocenters. The molecule has 1 aromatic carbocycles. The number of ether oxygens (including phenoxy) is 2. The van der Waals surface area contributed by atoms with E-state index < -0.39 is 11.9 Å². The van der Waals surface area contributed by atoms with Gasteiger partial charge in [-0.2, -0.15) is 0 Å². The summed E-state index contributed by atoms with van der Waals surface area (Å²) in [7, 11) is 1.33. The van der Waals surface area contributed by atoms with Gasteiger partial charge in [-0.1, -0.05) is 0 Å². The van der Waals surface area contributed by atoms with Gasteiger partial charge in [0.25, 0.3) is 0 Å². The Morgan fingerprint density at radius 1 is 1.12 bits per heavy atom. The molecule has 17 heavy (non-hydrogen) atoms. The SMILES string of the molecule is COC(=O)c1c(C)c(C)cc(OC(C)=O)c1C. The maximum atomic E-state index is 11.7. The molecule has 0 saturated carbocycles. The normalized spacial score (nSPS) is 9.94. The zero-order chi connectivity index (χ0) is 13.2. The molecule has 4 heteroatoms. The topological polar surface area (TPSA) is 52.6 Å². The zero-order valence-corrected chi connectivity index (χ0v) is 10.7. The second-order valence-electron chi connectivity index (χ2n) is 3.90. The van der Waals surface area contributed by atoms with Crippen molar-refractivity contribution in [2.45, 2.75) is 27.7 Å². The molecule has 0 bridgehead atoms. The van der Waals surface area contributed by atoms with Crippen molar-refractivity contribution in [2.24, 2.45) is 0 Å². The number of carbonyl (C=O) groups excluding carboxylic acids is 2. The molecule has 0 heterocycles. The molecule has 0 aliphatic carbocycles.